The number of aryl methyl sites for hydroxylation is 1. The Bertz CT molecular complexity index is 924. The Morgan fingerprint density at radius 3 is 2.71 bits per heavy atom. The lowest BCUT2D eigenvalue weighted by Gasteiger charge is -1.94. The van der Waals surface area contributed by atoms with Gasteiger partial charge >= 0.3 is 0 Å². The van der Waals surface area contributed by atoms with Gasteiger partial charge in [-0.3, -0.25) is 0 Å². The molecule has 0 aliphatic carbocycles. The summed E-state index contributed by atoms with van der Waals surface area (Å²) in [6.07, 6.45) is 0. The number of fused-ring (bicyclic) bond motifs is 1. The first kappa shape index (κ1) is 12.5. The molecule has 0 N–H and O–H groups in total. The third-order valence-electron chi connectivity index (χ3n) is 2.94. The van der Waals surface area contributed by atoms with E-state index in [4.69, 9.17) is 16.1 Å². The minimum absolute atomic E-state index is 0.568. The first-order valence-corrected chi connectivity index (χ1v) is 7.32. The topological polar surface area (TPSA) is 69.1 Å². The number of benzene rings is 1. The molecule has 0 aliphatic rings. The SMILES string of the molecule is Cc1cc(-c2nnc3sc(-c4ccc(Cl)cc4)nn23)no1. The predicted octanol–water partition coefficient (Wildman–Crippen LogP) is 3.47. The van der Waals surface area contributed by atoms with Gasteiger partial charge in [0.15, 0.2) is 5.69 Å². The van der Waals surface area contributed by atoms with Crippen LogP contribution in [0.4, 0.5) is 0 Å². The summed E-state index contributed by atoms with van der Waals surface area (Å²) in [4.78, 5) is 0.704. The summed E-state index contributed by atoms with van der Waals surface area (Å²) in [6.45, 7) is 1.83. The molecule has 0 aliphatic heterocycles. The first-order valence-electron chi connectivity index (χ1n) is 6.12. The van der Waals surface area contributed by atoms with E-state index in [2.05, 4.69) is 20.5 Å². The molecule has 0 saturated heterocycles. The molecule has 8 heteroatoms. The van der Waals surface area contributed by atoms with Crippen molar-refractivity contribution in [3.63, 3.8) is 0 Å². The zero-order valence-electron chi connectivity index (χ0n) is 10.8. The van der Waals surface area contributed by atoms with E-state index in [1.165, 1.54) is 11.3 Å². The highest BCUT2D eigenvalue weighted by molar-refractivity contribution is 7.19. The Morgan fingerprint density at radius 2 is 2.00 bits per heavy atom. The van der Waals surface area contributed by atoms with E-state index in [1.807, 2.05) is 31.2 Å². The van der Waals surface area contributed by atoms with Gasteiger partial charge in [0.2, 0.25) is 10.8 Å². The van der Waals surface area contributed by atoms with Crippen LogP contribution in [0.2, 0.25) is 5.02 Å². The molecule has 0 radical (unpaired) electrons. The Labute approximate surface area is 128 Å². The van der Waals surface area contributed by atoms with Gasteiger partial charge in [-0.05, 0) is 19.1 Å². The van der Waals surface area contributed by atoms with Crippen molar-refractivity contribution in [3.8, 4) is 22.1 Å². The maximum atomic E-state index is 5.90. The van der Waals surface area contributed by atoms with Crippen LogP contribution in [0.25, 0.3) is 27.1 Å². The average molecular weight is 318 g/mol. The fourth-order valence-corrected chi connectivity index (χ4v) is 2.93. The molecule has 0 atom stereocenters. The highest BCUT2D eigenvalue weighted by atomic mass is 35.5. The maximum Gasteiger partial charge on any atom is 0.235 e. The smallest absolute Gasteiger partial charge is 0.235 e. The Morgan fingerprint density at radius 1 is 1.19 bits per heavy atom. The van der Waals surface area contributed by atoms with Crippen LogP contribution in [0.3, 0.4) is 0 Å². The van der Waals surface area contributed by atoms with E-state index in [0.29, 0.717) is 21.5 Å². The lowest BCUT2D eigenvalue weighted by atomic mass is 10.2. The molecule has 3 aromatic heterocycles. The predicted molar refractivity (Wildman–Crippen MR) is 79.3 cm³/mol. The Balaban J connectivity index is 1.84. The van der Waals surface area contributed by atoms with Gasteiger partial charge in [-0.2, -0.15) is 9.61 Å². The largest absolute Gasteiger partial charge is 0.361 e. The van der Waals surface area contributed by atoms with E-state index < -0.39 is 0 Å². The van der Waals surface area contributed by atoms with Crippen LogP contribution in [-0.4, -0.2) is 25.0 Å². The highest BCUT2D eigenvalue weighted by Crippen LogP contribution is 2.28. The molecule has 0 spiro atoms. The van der Waals surface area contributed by atoms with Crippen LogP contribution in [0.15, 0.2) is 34.9 Å². The van der Waals surface area contributed by atoms with E-state index >= 15 is 0 Å². The molecule has 0 bridgehead atoms. The van der Waals surface area contributed by atoms with Gasteiger partial charge in [-0.15, -0.1) is 10.2 Å². The molecule has 21 heavy (non-hydrogen) atoms. The van der Waals surface area contributed by atoms with Gasteiger partial charge in [-0.1, -0.05) is 40.2 Å². The van der Waals surface area contributed by atoms with Crippen molar-refractivity contribution in [2.75, 3.05) is 0 Å². The third kappa shape index (κ3) is 2.10. The second-order valence-corrected chi connectivity index (χ2v) is 5.85. The van der Waals surface area contributed by atoms with Gasteiger partial charge < -0.3 is 4.52 Å². The Kier molecular flexibility index (Phi) is 2.76. The van der Waals surface area contributed by atoms with E-state index in [9.17, 15) is 0 Å². The zero-order chi connectivity index (χ0) is 14.4. The number of hydrogen-bond donors (Lipinski definition) is 0. The van der Waals surface area contributed by atoms with Crippen LogP contribution in [0.5, 0.6) is 0 Å². The molecule has 0 saturated carbocycles. The summed E-state index contributed by atoms with van der Waals surface area (Å²) in [7, 11) is 0. The van der Waals surface area contributed by atoms with Crippen LogP contribution < -0.4 is 0 Å². The minimum Gasteiger partial charge on any atom is -0.361 e. The van der Waals surface area contributed by atoms with Gasteiger partial charge in [0.1, 0.15) is 10.8 Å². The fraction of sp³-hybridized carbons (Fsp3) is 0.0769. The van der Waals surface area contributed by atoms with Gasteiger partial charge in [-0.25, -0.2) is 0 Å². The molecular weight excluding hydrogens is 310 g/mol. The van der Waals surface area contributed by atoms with Crippen molar-refractivity contribution < 1.29 is 4.52 Å². The second-order valence-electron chi connectivity index (χ2n) is 4.45. The molecule has 1 aromatic carbocycles. The quantitative estimate of drug-likeness (QED) is 0.566. The number of nitrogens with zero attached hydrogens (tertiary/aromatic N) is 5. The van der Waals surface area contributed by atoms with Crippen molar-refractivity contribution >= 4 is 27.9 Å². The van der Waals surface area contributed by atoms with Crippen LogP contribution in [0, 0.1) is 6.92 Å². The number of rotatable bonds is 2. The lowest BCUT2D eigenvalue weighted by molar-refractivity contribution is 0.399. The molecule has 4 aromatic rings. The molecular formula is C13H8ClN5OS. The number of aromatic nitrogens is 5. The molecule has 4 rings (SSSR count). The standard InChI is InChI=1S/C13H8ClN5OS/c1-7-6-10(18-20-7)11-15-16-13-19(11)17-12(21-13)8-2-4-9(14)5-3-8/h2-6H,1H3. The van der Waals surface area contributed by atoms with Gasteiger partial charge in [0, 0.05) is 16.7 Å². The van der Waals surface area contributed by atoms with Gasteiger partial charge in [0.05, 0.1) is 0 Å². The summed E-state index contributed by atoms with van der Waals surface area (Å²) in [6, 6.07) is 9.32. The highest BCUT2D eigenvalue weighted by Gasteiger charge is 2.16. The summed E-state index contributed by atoms with van der Waals surface area (Å²) >= 11 is 7.36. The number of hydrogen-bond acceptors (Lipinski definition) is 6. The number of halogens is 1. The average Bonchev–Trinajstić information content (AvgIpc) is 3.14. The van der Waals surface area contributed by atoms with Crippen LogP contribution in [0.1, 0.15) is 5.76 Å². The molecule has 6 nitrogen and oxygen atoms in total. The first-order chi connectivity index (χ1) is 10.2. The van der Waals surface area contributed by atoms with E-state index in [0.717, 1.165) is 16.3 Å². The van der Waals surface area contributed by atoms with E-state index in [-0.39, 0.29) is 0 Å². The Hall–Kier alpha value is -2.25. The van der Waals surface area contributed by atoms with Crippen LogP contribution in [-0.2, 0) is 0 Å². The summed E-state index contributed by atoms with van der Waals surface area (Å²) < 4.78 is 6.74. The summed E-state index contributed by atoms with van der Waals surface area (Å²) in [5.74, 6) is 1.29. The van der Waals surface area contributed by atoms with Crippen molar-refractivity contribution in [3.05, 3.63) is 41.1 Å². The second kappa shape index (κ2) is 4.64. The van der Waals surface area contributed by atoms with E-state index in [1.54, 1.807) is 10.6 Å². The lowest BCUT2D eigenvalue weighted by Crippen LogP contribution is -1.90. The zero-order valence-corrected chi connectivity index (χ0v) is 12.4. The minimum atomic E-state index is 0.568. The maximum absolute atomic E-state index is 5.90. The van der Waals surface area contributed by atoms with Crippen molar-refractivity contribution in [1.29, 1.82) is 0 Å². The molecule has 3 heterocycles. The van der Waals surface area contributed by atoms with Crippen LogP contribution >= 0.6 is 22.9 Å². The summed E-state index contributed by atoms with van der Waals surface area (Å²) in [5, 5.41) is 18.3. The summed E-state index contributed by atoms with van der Waals surface area (Å²) in [5.41, 5.74) is 1.60. The fourth-order valence-electron chi connectivity index (χ4n) is 1.96. The molecule has 0 fully saturated rings. The van der Waals surface area contributed by atoms with Crippen molar-refractivity contribution in [1.82, 2.24) is 25.0 Å². The molecule has 0 unspecified atom stereocenters. The van der Waals surface area contributed by atoms with Gasteiger partial charge in [0.25, 0.3) is 0 Å². The normalized spacial score (nSPS) is 11.3. The third-order valence-corrected chi connectivity index (χ3v) is 4.14. The van der Waals surface area contributed by atoms with Crippen molar-refractivity contribution in [2.24, 2.45) is 0 Å². The molecule has 0 amide bonds. The monoisotopic (exact) mass is 317 g/mol. The van der Waals surface area contributed by atoms with Crippen molar-refractivity contribution in [2.45, 2.75) is 6.92 Å². The molecule has 104 valence electrons.